The molecule has 1 aliphatic rings. The molecular formula is C23H48O4. The van der Waals surface area contributed by atoms with Crippen LogP contribution in [-0.2, 0) is 18.9 Å². The quantitative estimate of drug-likeness (QED) is 0.361. The van der Waals surface area contributed by atoms with Crippen molar-refractivity contribution < 1.29 is 18.9 Å². The van der Waals surface area contributed by atoms with Crippen LogP contribution in [0.5, 0.6) is 0 Å². The molecule has 0 N–H and O–H groups in total. The fourth-order valence-corrected chi connectivity index (χ4v) is 3.66. The summed E-state index contributed by atoms with van der Waals surface area (Å²) in [6, 6.07) is 0. The zero-order valence-corrected chi connectivity index (χ0v) is 19.5. The molecule has 27 heavy (non-hydrogen) atoms. The first-order chi connectivity index (χ1) is 12.9. The molecule has 4 heteroatoms. The van der Waals surface area contributed by atoms with Crippen LogP contribution < -0.4 is 0 Å². The van der Waals surface area contributed by atoms with Gasteiger partial charge in [0.25, 0.3) is 5.97 Å². The van der Waals surface area contributed by atoms with E-state index in [-0.39, 0.29) is 6.10 Å². The molecule has 0 aliphatic heterocycles. The average Bonchev–Trinajstić information content (AvgIpc) is 2.70. The van der Waals surface area contributed by atoms with Gasteiger partial charge in [-0.05, 0) is 24.2 Å². The molecule has 1 saturated carbocycles. The van der Waals surface area contributed by atoms with E-state index in [0.29, 0.717) is 6.42 Å². The van der Waals surface area contributed by atoms with E-state index >= 15 is 0 Å². The van der Waals surface area contributed by atoms with E-state index in [9.17, 15) is 0 Å². The number of rotatable bonds is 12. The first-order valence-corrected chi connectivity index (χ1v) is 11.0. The Morgan fingerprint density at radius 2 is 1.41 bits per heavy atom. The summed E-state index contributed by atoms with van der Waals surface area (Å²) in [5.41, 5.74) is 0. The van der Waals surface area contributed by atoms with E-state index in [4.69, 9.17) is 18.9 Å². The van der Waals surface area contributed by atoms with Gasteiger partial charge in [0.2, 0.25) is 0 Å². The lowest BCUT2D eigenvalue weighted by Gasteiger charge is -2.33. The highest BCUT2D eigenvalue weighted by molar-refractivity contribution is 4.73. The first-order valence-electron chi connectivity index (χ1n) is 11.0. The van der Waals surface area contributed by atoms with Crippen molar-refractivity contribution in [3.8, 4) is 0 Å². The zero-order valence-electron chi connectivity index (χ0n) is 19.5. The smallest absolute Gasteiger partial charge is 0.284 e. The van der Waals surface area contributed by atoms with Gasteiger partial charge in [0.15, 0.2) is 0 Å². The van der Waals surface area contributed by atoms with Gasteiger partial charge in [-0.3, -0.25) is 0 Å². The van der Waals surface area contributed by atoms with Gasteiger partial charge in [-0.15, -0.1) is 0 Å². The third-order valence-corrected chi connectivity index (χ3v) is 6.00. The second-order valence-corrected chi connectivity index (χ2v) is 8.58. The molecule has 2 atom stereocenters. The number of methoxy groups -OCH3 is 4. The third-order valence-electron chi connectivity index (χ3n) is 6.00. The highest BCUT2D eigenvalue weighted by Crippen LogP contribution is 2.31. The maximum atomic E-state index is 5.57. The first kappa shape index (κ1) is 26.8. The van der Waals surface area contributed by atoms with Crippen molar-refractivity contribution in [2.45, 2.75) is 104 Å². The van der Waals surface area contributed by atoms with E-state index in [1.54, 1.807) is 28.4 Å². The monoisotopic (exact) mass is 388 g/mol. The molecule has 0 bridgehead atoms. The van der Waals surface area contributed by atoms with Gasteiger partial charge in [-0.25, -0.2) is 0 Å². The van der Waals surface area contributed by atoms with Crippen molar-refractivity contribution in [2.75, 3.05) is 28.4 Å². The highest BCUT2D eigenvalue weighted by atomic mass is 16.9. The molecule has 1 fully saturated rings. The molecule has 0 aromatic heterocycles. The summed E-state index contributed by atoms with van der Waals surface area (Å²) in [6.45, 7) is 9.19. The van der Waals surface area contributed by atoms with Crippen molar-refractivity contribution in [1.82, 2.24) is 0 Å². The van der Waals surface area contributed by atoms with Crippen molar-refractivity contribution in [3.63, 3.8) is 0 Å². The zero-order chi connectivity index (χ0) is 20.7. The molecule has 0 spiro atoms. The highest BCUT2D eigenvalue weighted by Gasteiger charge is 2.34. The Balaban J connectivity index is 0.000000636. The Morgan fingerprint density at radius 3 is 1.81 bits per heavy atom. The molecule has 0 amide bonds. The lowest BCUT2D eigenvalue weighted by Crippen LogP contribution is -2.40. The summed E-state index contributed by atoms with van der Waals surface area (Å²) in [7, 11) is 6.54. The predicted octanol–water partition coefficient (Wildman–Crippen LogP) is 6.42. The normalized spacial score (nSPS) is 18.1. The standard InChI is InChI=1S/C14H28O4.C9H20/c1-15-13(10-12-8-6-5-7-9-12)11-14(16-2,17-3)18-4;1-5-9(4)7-6-8(2)3/h12-13H,5-11H2,1-4H3;8-9H,5-7H2,1-4H3. The fourth-order valence-electron chi connectivity index (χ4n) is 3.66. The fraction of sp³-hybridized carbons (Fsp3) is 1.00. The van der Waals surface area contributed by atoms with E-state index in [0.717, 1.165) is 24.2 Å². The van der Waals surface area contributed by atoms with Crippen LogP contribution in [0.1, 0.15) is 91.9 Å². The minimum Gasteiger partial charge on any atom is -0.381 e. The van der Waals surface area contributed by atoms with E-state index in [1.165, 1.54) is 51.4 Å². The van der Waals surface area contributed by atoms with Crippen LogP contribution in [0.3, 0.4) is 0 Å². The molecule has 0 aromatic carbocycles. The summed E-state index contributed by atoms with van der Waals surface area (Å²) in [4.78, 5) is 0. The van der Waals surface area contributed by atoms with Crippen molar-refractivity contribution in [1.29, 1.82) is 0 Å². The predicted molar refractivity (Wildman–Crippen MR) is 114 cm³/mol. The summed E-state index contributed by atoms with van der Waals surface area (Å²) in [5, 5.41) is 0. The minimum absolute atomic E-state index is 0.118. The molecule has 1 aliphatic carbocycles. The van der Waals surface area contributed by atoms with Gasteiger partial charge >= 0.3 is 0 Å². The maximum Gasteiger partial charge on any atom is 0.284 e. The van der Waals surface area contributed by atoms with E-state index in [1.807, 2.05) is 0 Å². The molecule has 1 rings (SSSR count). The van der Waals surface area contributed by atoms with Crippen LogP contribution >= 0.6 is 0 Å². The van der Waals surface area contributed by atoms with Crippen LogP contribution in [0.25, 0.3) is 0 Å². The Bertz CT molecular complexity index is 314. The average molecular weight is 389 g/mol. The van der Waals surface area contributed by atoms with Crippen LogP contribution in [-0.4, -0.2) is 40.5 Å². The molecule has 0 aromatic rings. The summed E-state index contributed by atoms with van der Waals surface area (Å²) in [6.07, 6.45) is 12.7. The summed E-state index contributed by atoms with van der Waals surface area (Å²) < 4.78 is 21.6. The second-order valence-electron chi connectivity index (χ2n) is 8.58. The maximum absolute atomic E-state index is 5.57. The summed E-state index contributed by atoms with van der Waals surface area (Å²) in [5.74, 6) is 1.62. The third kappa shape index (κ3) is 12.1. The van der Waals surface area contributed by atoms with Crippen LogP contribution in [0, 0.1) is 17.8 Å². The molecule has 0 radical (unpaired) electrons. The molecule has 164 valence electrons. The molecule has 2 unspecified atom stereocenters. The van der Waals surface area contributed by atoms with Crippen LogP contribution in [0.15, 0.2) is 0 Å². The Hall–Kier alpha value is -0.160. The lowest BCUT2D eigenvalue weighted by molar-refractivity contribution is -0.362. The van der Waals surface area contributed by atoms with Gasteiger partial charge in [-0.1, -0.05) is 79.1 Å². The van der Waals surface area contributed by atoms with Gasteiger partial charge < -0.3 is 18.9 Å². The molecular weight excluding hydrogens is 340 g/mol. The largest absolute Gasteiger partial charge is 0.381 e. The summed E-state index contributed by atoms with van der Waals surface area (Å²) >= 11 is 0. The topological polar surface area (TPSA) is 36.9 Å². The lowest BCUT2D eigenvalue weighted by atomic mass is 9.84. The second kappa shape index (κ2) is 15.7. The Labute approximate surface area is 169 Å². The van der Waals surface area contributed by atoms with Gasteiger partial charge in [0.1, 0.15) is 0 Å². The minimum atomic E-state index is -0.977. The van der Waals surface area contributed by atoms with E-state index in [2.05, 4.69) is 27.7 Å². The molecule has 0 heterocycles. The Morgan fingerprint density at radius 1 is 0.852 bits per heavy atom. The van der Waals surface area contributed by atoms with Crippen molar-refractivity contribution >= 4 is 0 Å². The van der Waals surface area contributed by atoms with Crippen molar-refractivity contribution in [3.05, 3.63) is 0 Å². The van der Waals surface area contributed by atoms with Gasteiger partial charge in [0, 0.05) is 28.4 Å². The number of hydrogen-bond acceptors (Lipinski definition) is 4. The SMILES string of the molecule is CCC(C)CCC(C)C.COC(CC1CCCCC1)CC(OC)(OC)OC. The van der Waals surface area contributed by atoms with Gasteiger partial charge in [-0.2, -0.15) is 0 Å². The van der Waals surface area contributed by atoms with Crippen LogP contribution in [0.2, 0.25) is 0 Å². The van der Waals surface area contributed by atoms with Gasteiger partial charge in [0.05, 0.1) is 12.5 Å². The van der Waals surface area contributed by atoms with Crippen molar-refractivity contribution in [2.24, 2.45) is 17.8 Å². The van der Waals surface area contributed by atoms with Crippen LogP contribution in [0.4, 0.5) is 0 Å². The van der Waals surface area contributed by atoms with E-state index < -0.39 is 5.97 Å². The number of ether oxygens (including phenoxy) is 4. The Kier molecular flexibility index (Phi) is 15.6. The molecule has 0 saturated heterocycles. The number of hydrogen-bond donors (Lipinski definition) is 0. The molecule has 4 nitrogen and oxygen atoms in total.